The molecule has 0 saturated carbocycles. The molecule has 8 heteroatoms. The summed E-state index contributed by atoms with van der Waals surface area (Å²) in [6.07, 6.45) is 1.24. The van der Waals surface area contributed by atoms with Crippen LogP contribution < -0.4 is 0 Å². The Bertz CT molecular complexity index is 282. The summed E-state index contributed by atoms with van der Waals surface area (Å²) in [5.41, 5.74) is -0.460. The van der Waals surface area contributed by atoms with Crippen LogP contribution in [0.5, 0.6) is 0 Å². The topological polar surface area (TPSA) is 36.9 Å². The van der Waals surface area contributed by atoms with Crippen LogP contribution in [0.4, 0.5) is 0 Å². The van der Waals surface area contributed by atoms with Gasteiger partial charge in [-0.2, -0.15) is 0 Å². The van der Waals surface area contributed by atoms with Gasteiger partial charge in [-0.3, -0.25) is 14.2 Å². The van der Waals surface area contributed by atoms with Gasteiger partial charge in [0.05, 0.1) is 5.73 Å². The van der Waals surface area contributed by atoms with Crippen molar-refractivity contribution in [2.75, 3.05) is 0 Å². The molecular weight excluding hydrogens is 331 g/mol. The molecule has 1 heterocycles. The highest BCUT2D eigenvalue weighted by atomic mass is 35.8. The maximum absolute atomic E-state index is 5.91. The highest BCUT2D eigenvalue weighted by Crippen LogP contribution is 2.37. The second-order valence-electron chi connectivity index (χ2n) is 4.39. The Morgan fingerprint density at radius 1 is 1.21 bits per heavy atom. The molecule has 0 aromatic rings. The van der Waals surface area contributed by atoms with Crippen LogP contribution in [0, 0.1) is 0 Å². The third-order valence-corrected chi connectivity index (χ3v) is 6.67. The minimum atomic E-state index is -2.90. The summed E-state index contributed by atoms with van der Waals surface area (Å²) in [7, 11) is 0. The number of ether oxygens (including phenoxy) is 4. The summed E-state index contributed by atoms with van der Waals surface area (Å²) in [6, 6.07) is -2.90. The van der Waals surface area contributed by atoms with E-state index in [1.807, 2.05) is 20.8 Å². The van der Waals surface area contributed by atoms with Crippen molar-refractivity contribution >= 4 is 39.2 Å². The lowest BCUT2D eigenvalue weighted by atomic mass is 10.3. The number of rotatable bonds is 8. The first-order chi connectivity index (χ1) is 8.76. The summed E-state index contributed by atoms with van der Waals surface area (Å²) in [5.74, 6) is -1.02. The lowest BCUT2D eigenvalue weighted by Crippen LogP contribution is -2.57. The number of hydrogen-bond donors (Lipinski definition) is 0. The van der Waals surface area contributed by atoms with Crippen molar-refractivity contribution in [2.24, 2.45) is 0 Å². The lowest BCUT2D eigenvalue weighted by molar-refractivity contribution is -0.559. The van der Waals surface area contributed by atoms with Gasteiger partial charge in [0.25, 0.3) is 5.97 Å². The quantitative estimate of drug-likeness (QED) is 0.373. The SMILES string of the molecule is CCC(OC(C)[Si](Cl)(Cl)Cl)OC1(CC)OC(CC)O1. The highest BCUT2D eigenvalue weighted by Gasteiger charge is 2.48. The van der Waals surface area contributed by atoms with Gasteiger partial charge >= 0.3 is 6.00 Å². The third-order valence-electron chi connectivity index (χ3n) is 2.85. The first-order valence-corrected chi connectivity index (χ1v) is 11.6. The molecule has 0 bridgehead atoms. The van der Waals surface area contributed by atoms with Crippen LogP contribution in [0.3, 0.4) is 0 Å². The molecule has 2 atom stereocenters. The summed E-state index contributed by atoms with van der Waals surface area (Å²) < 4.78 is 22.6. The van der Waals surface area contributed by atoms with E-state index < -0.39 is 24.0 Å². The third kappa shape index (κ3) is 5.00. The molecule has 114 valence electrons. The zero-order valence-electron chi connectivity index (χ0n) is 11.6. The van der Waals surface area contributed by atoms with Crippen molar-refractivity contribution in [1.82, 2.24) is 0 Å². The van der Waals surface area contributed by atoms with Crippen LogP contribution in [0.1, 0.15) is 47.0 Å². The predicted molar refractivity (Wildman–Crippen MR) is 78.3 cm³/mol. The van der Waals surface area contributed by atoms with E-state index in [1.54, 1.807) is 6.92 Å². The van der Waals surface area contributed by atoms with E-state index in [4.69, 9.17) is 52.2 Å². The fourth-order valence-corrected chi connectivity index (χ4v) is 2.36. The van der Waals surface area contributed by atoms with Crippen LogP contribution >= 0.6 is 33.2 Å². The molecule has 1 saturated heterocycles. The van der Waals surface area contributed by atoms with E-state index in [-0.39, 0.29) is 6.29 Å². The van der Waals surface area contributed by atoms with Gasteiger partial charge < -0.3 is 4.74 Å². The van der Waals surface area contributed by atoms with Gasteiger partial charge in [-0.1, -0.05) is 20.8 Å². The highest BCUT2D eigenvalue weighted by molar-refractivity contribution is 7.65. The van der Waals surface area contributed by atoms with Crippen LogP contribution in [0.15, 0.2) is 0 Å². The first kappa shape index (κ1) is 18.0. The largest absolute Gasteiger partial charge is 0.368 e. The van der Waals surface area contributed by atoms with E-state index in [0.29, 0.717) is 12.8 Å². The lowest BCUT2D eigenvalue weighted by Gasteiger charge is -2.47. The van der Waals surface area contributed by atoms with Gasteiger partial charge in [0.2, 0.25) is 0 Å². The molecule has 4 nitrogen and oxygen atoms in total. The zero-order valence-corrected chi connectivity index (χ0v) is 14.9. The Morgan fingerprint density at radius 3 is 2.16 bits per heavy atom. The molecule has 0 N–H and O–H groups in total. The minimum absolute atomic E-state index is 0.211. The Morgan fingerprint density at radius 2 is 1.79 bits per heavy atom. The Kier molecular flexibility index (Phi) is 6.88. The molecule has 1 aliphatic heterocycles. The second-order valence-corrected chi connectivity index (χ2v) is 13.4. The van der Waals surface area contributed by atoms with Gasteiger partial charge in [0, 0.05) is 6.42 Å². The molecule has 0 aliphatic carbocycles. The number of halogens is 3. The predicted octanol–water partition coefficient (Wildman–Crippen LogP) is 4.19. The number of hydrogen-bond acceptors (Lipinski definition) is 4. The first-order valence-electron chi connectivity index (χ1n) is 6.52. The van der Waals surface area contributed by atoms with Gasteiger partial charge in [0.15, 0.2) is 12.6 Å². The Hall–Kier alpha value is 0.927. The maximum atomic E-state index is 5.91. The van der Waals surface area contributed by atoms with Crippen LogP contribution in [0.25, 0.3) is 0 Å². The van der Waals surface area contributed by atoms with Crippen LogP contribution in [-0.2, 0) is 18.9 Å². The van der Waals surface area contributed by atoms with Crippen LogP contribution in [-0.4, -0.2) is 30.3 Å². The van der Waals surface area contributed by atoms with Crippen molar-refractivity contribution in [3.63, 3.8) is 0 Å². The molecule has 0 spiro atoms. The summed E-state index contributed by atoms with van der Waals surface area (Å²) in [5, 5.41) is 0. The second kappa shape index (κ2) is 7.27. The van der Waals surface area contributed by atoms with Gasteiger partial charge in [-0.25, -0.2) is 0 Å². The van der Waals surface area contributed by atoms with E-state index in [0.717, 1.165) is 6.42 Å². The van der Waals surface area contributed by atoms with Crippen molar-refractivity contribution < 1.29 is 18.9 Å². The summed E-state index contributed by atoms with van der Waals surface area (Å²) >= 11 is 17.7. The van der Waals surface area contributed by atoms with Crippen LogP contribution in [0.2, 0.25) is 0 Å². The van der Waals surface area contributed by atoms with Gasteiger partial charge in [-0.15, -0.1) is 33.2 Å². The standard InChI is InChI=1S/C11H21Cl3O4Si/c1-5-9(15-8(4)19(12,13)14)16-11(7-3)17-10(6-2)18-11/h8-10H,5-7H2,1-4H3. The maximum Gasteiger partial charge on any atom is 0.368 e. The van der Waals surface area contributed by atoms with Gasteiger partial charge in [-0.05, 0) is 19.8 Å². The minimum Gasteiger partial charge on any atom is -0.349 e. The van der Waals surface area contributed by atoms with Crippen molar-refractivity contribution in [1.29, 1.82) is 0 Å². The molecule has 0 aromatic heterocycles. The van der Waals surface area contributed by atoms with E-state index in [2.05, 4.69) is 0 Å². The Labute approximate surface area is 129 Å². The van der Waals surface area contributed by atoms with Crippen molar-refractivity contribution in [2.45, 2.75) is 71.2 Å². The molecule has 1 fully saturated rings. The fourth-order valence-electron chi connectivity index (χ4n) is 1.59. The summed E-state index contributed by atoms with van der Waals surface area (Å²) in [4.78, 5) is 0. The average Bonchev–Trinajstić information content (AvgIpc) is 2.30. The molecule has 1 aliphatic rings. The molecule has 0 amide bonds. The van der Waals surface area contributed by atoms with Crippen molar-refractivity contribution in [3.05, 3.63) is 0 Å². The molecule has 2 unspecified atom stereocenters. The molecular formula is C11H21Cl3O4Si. The van der Waals surface area contributed by atoms with E-state index >= 15 is 0 Å². The average molecular weight is 352 g/mol. The Balaban J connectivity index is 2.52. The van der Waals surface area contributed by atoms with E-state index in [1.165, 1.54) is 0 Å². The normalized spacial score (nSPS) is 30.8. The fraction of sp³-hybridized carbons (Fsp3) is 1.00. The molecule has 1 rings (SSSR count). The van der Waals surface area contributed by atoms with Gasteiger partial charge in [0.1, 0.15) is 0 Å². The molecule has 0 aromatic carbocycles. The van der Waals surface area contributed by atoms with Crippen molar-refractivity contribution in [3.8, 4) is 0 Å². The molecule has 0 radical (unpaired) electrons. The summed E-state index contributed by atoms with van der Waals surface area (Å²) in [6.45, 7) is 7.57. The molecule has 19 heavy (non-hydrogen) atoms. The van der Waals surface area contributed by atoms with E-state index in [9.17, 15) is 0 Å². The monoisotopic (exact) mass is 350 g/mol. The zero-order chi connectivity index (χ0) is 14.7. The smallest absolute Gasteiger partial charge is 0.349 e.